The first-order valence-electron chi connectivity index (χ1n) is 5.42. The first kappa shape index (κ1) is 14.5. The summed E-state index contributed by atoms with van der Waals surface area (Å²) in [5.41, 5.74) is 0.747. The summed E-state index contributed by atoms with van der Waals surface area (Å²) in [6, 6.07) is 5.69. The number of carboxylic acid groups (broad SMARTS) is 1. The molecule has 102 valence electrons. The van der Waals surface area contributed by atoms with Crippen molar-refractivity contribution in [3.8, 4) is 0 Å². The van der Waals surface area contributed by atoms with Gasteiger partial charge in [0.1, 0.15) is 0 Å². The summed E-state index contributed by atoms with van der Waals surface area (Å²) in [4.78, 5) is 26.7. The number of amides is 1. The molecule has 0 aliphatic carbocycles. The van der Waals surface area contributed by atoms with Gasteiger partial charge in [0.05, 0.1) is 21.8 Å². The lowest BCUT2D eigenvalue weighted by atomic mass is 10.2. The van der Waals surface area contributed by atoms with Crippen molar-refractivity contribution in [3.63, 3.8) is 0 Å². The molecule has 7 heteroatoms. The minimum atomic E-state index is -1.08. The summed E-state index contributed by atoms with van der Waals surface area (Å²) in [5.74, 6) is -1.47. The molecule has 0 aliphatic rings. The van der Waals surface area contributed by atoms with E-state index in [0.717, 1.165) is 0 Å². The fourth-order valence-corrected chi connectivity index (χ4v) is 2.07. The van der Waals surface area contributed by atoms with Gasteiger partial charge in [-0.3, -0.25) is 9.78 Å². The number of benzene rings is 1. The number of aromatic carboxylic acids is 1. The summed E-state index contributed by atoms with van der Waals surface area (Å²) < 4.78 is 0.678. The zero-order valence-corrected chi connectivity index (χ0v) is 12.3. The summed E-state index contributed by atoms with van der Waals surface area (Å²) >= 11 is 9.16. The normalized spacial score (nSPS) is 10.1. The number of pyridine rings is 1. The smallest absolute Gasteiger partial charge is 0.335 e. The van der Waals surface area contributed by atoms with Gasteiger partial charge in [-0.05, 0) is 40.2 Å². The predicted octanol–water partition coefficient (Wildman–Crippen LogP) is 3.45. The number of carbonyl (C=O) groups excluding carboxylic acids is 1. The Morgan fingerprint density at radius 2 is 1.95 bits per heavy atom. The molecule has 0 saturated heterocycles. The first-order chi connectivity index (χ1) is 9.47. The van der Waals surface area contributed by atoms with Crippen LogP contribution in [0, 0.1) is 0 Å². The van der Waals surface area contributed by atoms with Crippen LogP contribution in [0.4, 0.5) is 5.69 Å². The van der Waals surface area contributed by atoms with Gasteiger partial charge in [-0.1, -0.05) is 11.6 Å². The van der Waals surface area contributed by atoms with Crippen molar-refractivity contribution in [3.05, 3.63) is 57.3 Å². The van der Waals surface area contributed by atoms with E-state index in [2.05, 4.69) is 26.2 Å². The molecule has 1 aromatic heterocycles. The number of hydrogen-bond acceptors (Lipinski definition) is 3. The van der Waals surface area contributed by atoms with Gasteiger partial charge in [-0.15, -0.1) is 0 Å². The summed E-state index contributed by atoms with van der Waals surface area (Å²) in [6.07, 6.45) is 2.98. The minimum Gasteiger partial charge on any atom is -0.478 e. The fraction of sp³-hybridized carbons (Fsp3) is 0. The van der Waals surface area contributed by atoms with Crippen LogP contribution >= 0.6 is 27.5 Å². The maximum absolute atomic E-state index is 12.0. The third kappa shape index (κ3) is 3.34. The van der Waals surface area contributed by atoms with E-state index in [9.17, 15) is 9.59 Å². The van der Waals surface area contributed by atoms with Crippen LogP contribution in [0.25, 0.3) is 0 Å². The second-order valence-corrected chi connectivity index (χ2v) is 5.17. The van der Waals surface area contributed by atoms with E-state index in [1.54, 1.807) is 12.3 Å². The Labute approximate surface area is 127 Å². The van der Waals surface area contributed by atoms with Crippen LogP contribution in [-0.2, 0) is 0 Å². The van der Waals surface area contributed by atoms with Crippen LogP contribution in [0.2, 0.25) is 5.02 Å². The molecule has 0 bridgehead atoms. The van der Waals surface area contributed by atoms with Gasteiger partial charge >= 0.3 is 5.97 Å². The van der Waals surface area contributed by atoms with Gasteiger partial charge in [0, 0.05) is 16.9 Å². The third-order valence-electron chi connectivity index (χ3n) is 2.43. The number of rotatable bonds is 3. The molecule has 0 aliphatic heterocycles. The van der Waals surface area contributed by atoms with E-state index in [1.165, 1.54) is 24.4 Å². The molecule has 1 amide bonds. The Hall–Kier alpha value is -1.92. The summed E-state index contributed by atoms with van der Waals surface area (Å²) in [7, 11) is 0. The largest absolute Gasteiger partial charge is 0.478 e. The van der Waals surface area contributed by atoms with Gasteiger partial charge in [0.15, 0.2) is 0 Å². The molecule has 0 radical (unpaired) electrons. The maximum atomic E-state index is 12.0. The molecule has 0 spiro atoms. The van der Waals surface area contributed by atoms with Crippen molar-refractivity contribution >= 4 is 45.1 Å². The molecule has 0 unspecified atom stereocenters. The lowest BCUT2D eigenvalue weighted by molar-refractivity contribution is 0.0696. The summed E-state index contributed by atoms with van der Waals surface area (Å²) in [5, 5.41) is 11.6. The molecular formula is C13H8BrClN2O3. The molecule has 20 heavy (non-hydrogen) atoms. The standard InChI is InChI=1S/C13H8BrClN2O3/c14-9-3-8(5-16-6-9)12(18)17-11-2-1-7(13(19)20)4-10(11)15/h1-6H,(H,17,18)(H,19,20). The highest BCUT2D eigenvalue weighted by molar-refractivity contribution is 9.10. The number of aromatic nitrogens is 1. The highest BCUT2D eigenvalue weighted by Gasteiger charge is 2.11. The van der Waals surface area contributed by atoms with E-state index < -0.39 is 5.97 Å². The van der Waals surface area contributed by atoms with Crippen molar-refractivity contribution in [2.75, 3.05) is 5.32 Å². The molecule has 1 aromatic carbocycles. The maximum Gasteiger partial charge on any atom is 0.335 e. The van der Waals surface area contributed by atoms with Crippen molar-refractivity contribution in [2.24, 2.45) is 0 Å². The van der Waals surface area contributed by atoms with Crippen LogP contribution in [0.15, 0.2) is 41.1 Å². The van der Waals surface area contributed by atoms with Crippen molar-refractivity contribution in [1.82, 2.24) is 4.98 Å². The Bertz CT molecular complexity index is 691. The Morgan fingerprint density at radius 3 is 2.55 bits per heavy atom. The number of halogens is 2. The number of nitrogens with zero attached hydrogens (tertiary/aromatic N) is 1. The Balaban J connectivity index is 2.22. The highest BCUT2D eigenvalue weighted by atomic mass is 79.9. The van der Waals surface area contributed by atoms with Crippen LogP contribution in [0.3, 0.4) is 0 Å². The Kier molecular flexibility index (Phi) is 4.36. The monoisotopic (exact) mass is 354 g/mol. The molecule has 2 rings (SSSR count). The zero-order valence-electron chi connectivity index (χ0n) is 9.93. The molecule has 2 aromatic rings. The quantitative estimate of drug-likeness (QED) is 0.884. The van der Waals surface area contributed by atoms with Crippen LogP contribution in [0.5, 0.6) is 0 Å². The average molecular weight is 356 g/mol. The molecule has 0 atom stereocenters. The predicted molar refractivity (Wildman–Crippen MR) is 78.3 cm³/mol. The second-order valence-electron chi connectivity index (χ2n) is 3.85. The molecule has 2 N–H and O–H groups in total. The molecule has 0 saturated carbocycles. The number of nitrogens with one attached hydrogen (secondary N) is 1. The SMILES string of the molecule is O=C(O)c1ccc(NC(=O)c2cncc(Br)c2)c(Cl)c1. The number of anilines is 1. The number of carboxylic acids is 1. The first-order valence-corrected chi connectivity index (χ1v) is 6.59. The lowest BCUT2D eigenvalue weighted by Gasteiger charge is -2.08. The molecule has 0 fully saturated rings. The molecular weight excluding hydrogens is 348 g/mol. The van der Waals surface area contributed by atoms with Crippen LogP contribution in [0.1, 0.15) is 20.7 Å². The Morgan fingerprint density at radius 1 is 1.20 bits per heavy atom. The van der Waals surface area contributed by atoms with Gasteiger partial charge in [-0.2, -0.15) is 0 Å². The average Bonchev–Trinajstić information content (AvgIpc) is 2.40. The van der Waals surface area contributed by atoms with Gasteiger partial charge in [0.2, 0.25) is 0 Å². The van der Waals surface area contributed by atoms with E-state index in [-0.39, 0.29) is 16.5 Å². The topological polar surface area (TPSA) is 79.3 Å². The molecule has 1 heterocycles. The van der Waals surface area contributed by atoms with Crippen LogP contribution in [-0.4, -0.2) is 22.0 Å². The van der Waals surface area contributed by atoms with E-state index in [1.807, 2.05) is 0 Å². The van der Waals surface area contributed by atoms with Gasteiger partial charge < -0.3 is 10.4 Å². The fourth-order valence-electron chi connectivity index (χ4n) is 1.48. The van der Waals surface area contributed by atoms with Crippen molar-refractivity contribution < 1.29 is 14.7 Å². The highest BCUT2D eigenvalue weighted by Crippen LogP contribution is 2.24. The van der Waals surface area contributed by atoms with Gasteiger partial charge in [-0.25, -0.2) is 4.79 Å². The lowest BCUT2D eigenvalue weighted by Crippen LogP contribution is -2.12. The van der Waals surface area contributed by atoms with E-state index >= 15 is 0 Å². The van der Waals surface area contributed by atoms with Crippen molar-refractivity contribution in [1.29, 1.82) is 0 Å². The third-order valence-corrected chi connectivity index (χ3v) is 3.18. The van der Waals surface area contributed by atoms with Crippen molar-refractivity contribution in [2.45, 2.75) is 0 Å². The molecule has 5 nitrogen and oxygen atoms in total. The van der Waals surface area contributed by atoms with Crippen LogP contribution < -0.4 is 5.32 Å². The second kappa shape index (κ2) is 6.02. The summed E-state index contributed by atoms with van der Waals surface area (Å²) in [6.45, 7) is 0. The number of hydrogen-bond donors (Lipinski definition) is 2. The van der Waals surface area contributed by atoms with E-state index in [0.29, 0.717) is 15.7 Å². The van der Waals surface area contributed by atoms with Gasteiger partial charge in [0.25, 0.3) is 5.91 Å². The zero-order chi connectivity index (χ0) is 14.7. The van der Waals surface area contributed by atoms with E-state index in [4.69, 9.17) is 16.7 Å². The number of carbonyl (C=O) groups is 2. The minimum absolute atomic E-state index is 0.0529.